The highest BCUT2D eigenvalue weighted by Gasteiger charge is 2.29. The summed E-state index contributed by atoms with van der Waals surface area (Å²) in [5.74, 6) is 0. The van der Waals surface area contributed by atoms with E-state index in [0.29, 0.717) is 17.7 Å². The van der Waals surface area contributed by atoms with Gasteiger partial charge in [-0.25, -0.2) is 13.1 Å². The molecule has 0 saturated carbocycles. The van der Waals surface area contributed by atoms with Gasteiger partial charge in [0.15, 0.2) is 0 Å². The van der Waals surface area contributed by atoms with Crippen LogP contribution in [0.15, 0.2) is 23.1 Å². The van der Waals surface area contributed by atoms with E-state index in [9.17, 15) is 13.5 Å². The van der Waals surface area contributed by atoms with E-state index in [1.54, 1.807) is 26.0 Å². The van der Waals surface area contributed by atoms with Crippen LogP contribution in [-0.2, 0) is 10.0 Å². The number of sulfonamides is 1. The first-order valence-electron chi connectivity index (χ1n) is 5.75. The van der Waals surface area contributed by atoms with E-state index in [4.69, 9.17) is 5.73 Å². The summed E-state index contributed by atoms with van der Waals surface area (Å²) in [4.78, 5) is 0.149. The number of nitrogen functional groups attached to an aromatic ring is 1. The van der Waals surface area contributed by atoms with Crippen molar-refractivity contribution < 1.29 is 13.5 Å². The van der Waals surface area contributed by atoms with E-state index in [-0.39, 0.29) is 11.5 Å². The lowest BCUT2D eigenvalue weighted by Gasteiger charge is -2.27. The van der Waals surface area contributed by atoms with Gasteiger partial charge in [0.2, 0.25) is 10.0 Å². The fourth-order valence-electron chi connectivity index (χ4n) is 1.52. The van der Waals surface area contributed by atoms with Gasteiger partial charge in [-0.05, 0) is 38.0 Å². The Morgan fingerprint density at radius 2 is 2.06 bits per heavy atom. The highest BCUT2D eigenvalue weighted by molar-refractivity contribution is 7.89. The molecule has 0 aliphatic carbocycles. The molecule has 0 saturated heterocycles. The third-order valence-electron chi connectivity index (χ3n) is 3.13. The summed E-state index contributed by atoms with van der Waals surface area (Å²) in [5, 5.41) is 9.27. The topological polar surface area (TPSA) is 92.4 Å². The number of aliphatic hydroxyl groups excluding tert-OH is 1. The van der Waals surface area contributed by atoms with Crippen molar-refractivity contribution in [3.63, 3.8) is 0 Å². The lowest BCUT2D eigenvalue weighted by Crippen LogP contribution is -2.48. The Labute approximate surface area is 108 Å². The SMILES string of the molecule is CCC(C)(CO)NS(=O)(=O)c1cccc(N)c1C. The molecule has 0 aliphatic heterocycles. The summed E-state index contributed by atoms with van der Waals surface area (Å²) >= 11 is 0. The van der Waals surface area contributed by atoms with Gasteiger partial charge < -0.3 is 10.8 Å². The number of nitrogens with one attached hydrogen (secondary N) is 1. The molecule has 1 aromatic carbocycles. The normalized spacial score (nSPS) is 15.3. The zero-order chi connectivity index (χ0) is 14.0. The minimum Gasteiger partial charge on any atom is -0.398 e. The standard InChI is InChI=1S/C12H20N2O3S/c1-4-12(3,8-15)14-18(16,17)11-7-5-6-10(13)9(11)2/h5-7,14-15H,4,8,13H2,1-3H3. The van der Waals surface area contributed by atoms with Crippen molar-refractivity contribution in [2.45, 2.75) is 37.6 Å². The van der Waals surface area contributed by atoms with Gasteiger partial charge >= 0.3 is 0 Å². The van der Waals surface area contributed by atoms with Gasteiger partial charge in [-0.15, -0.1) is 0 Å². The summed E-state index contributed by atoms with van der Waals surface area (Å²) in [6.07, 6.45) is 0.490. The second kappa shape index (κ2) is 5.26. The van der Waals surface area contributed by atoms with Crippen LogP contribution in [0, 0.1) is 6.92 Å². The predicted molar refractivity (Wildman–Crippen MR) is 71.7 cm³/mol. The number of nitrogens with two attached hydrogens (primary N) is 1. The molecule has 0 heterocycles. The number of rotatable bonds is 5. The third-order valence-corrected chi connectivity index (χ3v) is 4.91. The smallest absolute Gasteiger partial charge is 0.241 e. The van der Waals surface area contributed by atoms with Crippen molar-refractivity contribution in [3.8, 4) is 0 Å². The first-order chi connectivity index (χ1) is 8.25. The lowest BCUT2D eigenvalue weighted by atomic mass is 10.0. The van der Waals surface area contributed by atoms with E-state index in [2.05, 4.69) is 4.72 Å². The van der Waals surface area contributed by atoms with Crippen LogP contribution in [0.1, 0.15) is 25.8 Å². The Morgan fingerprint density at radius 3 is 2.56 bits per heavy atom. The highest BCUT2D eigenvalue weighted by Crippen LogP contribution is 2.22. The number of aliphatic hydroxyl groups is 1. The molecule has 4 N–H and O–H groups in total. The van der Waals surface area contributed by atoms with Gasteiger partial charge in [0.1, 0.15) is 0 Å². The highest BCUT2D eigenvalue weighted by atomic mass is 32.2. The van der Waals surface area contributed by atoms with Gasteiger partial charge in [0.25, 0.3) is 0 Å². The van der Waals surface area contributed by atoms with E-state index >= 15 is 0 Å². The molecule has 0 aliphatic rings. The average molecular weight is 272 g/mol. The van der Waals surface area contributed by atoms with Crippen LogP contribution < -0.4 is 10.5 Å². The van der Waals surface area contributed by atoms with Gasteiger partial charge in [-0.3, -0.25) is 0 Å². The Morgan fingerprint density at radius 1 is 1.44 bits per heavy atom. The Hall–Kier alpha value is -1.11. The molecule has 0 spiro atoms. The van der Waals surface area contributed by atoms with Crippen molar-refractivity contribution in [2.75, 3.05) is 12.3 Å². The van der Waals surface area contributed by atoms with Gasteiger partial charge in [0, 0.05) is 5.69 Å². The molecule has 0 fully saturated rings. The zero-order valence-corrected chi connectivity index (χ0v) is 11.7. The van der Waals surface area contributed by atoms with Crippen molar-refractivity contribution in [3.05, 3.63) is 23.8 Å². The molecule has 1 aromatic rings. The number of hydrogen-bond acceptors (Lipinski definition) is 4. The summed E-state index contributed by atoms with van der Waals surface area (Å²) in [5.41, 5.74) is 5.79. The summed E-state index contributed by atoms with van der Waals surface area (Å²) in [6.45, 7) is 4.87. The molecule has 102 valence electrons. The molecule has 0 bridgehead atoms. The Balaban J connectivity index is 3.19. The molecule has 1 atom stereocenters. The van der Waals surface area contributed by atoms with Gasteiger partial charge in [0.05, 0.1) is 17.0 Å². The fourth-order valence-corrected chi connectivity index (χ4v) is 3.26. The number of anilines is 1. The molecule has 1 unspecified atom stereocenters. The molecular formula is C12H20N2O3S. The second-order valence-electron chi connectivity index (χ2n) is 4.65. The van der Waals surface area contributed by atoms with E-state index in [0.717, 1.165) is 0 Å². The lowest BCUT2D eigenvalue weighted by molar-refractivity contribution is 0.191. The molecular weight excluding hydrogens is 252 g/mol. The number of hydrogen-bond donors (Lipinski definition) is 3. The maximum atomic E-state index is 12.3. The van der Waals surface area contributed by atoms with Crippen LogP contribution in [0.25, 0.3) is 0 Å². The van der Waals surface area contributed by atoms with E-state index in [1.165, 1.54) is 6.07 Å². The maximum absolute atomic E-state index is 12.3. The average Bonchev–Trinajstić information content (AvgIpc) is 2.31. The van der Waals surface area contributed by atoms with Crippen LogP contribution in [0.2, 0.25) is 0 Å². The Bertz CT molecular complexity index is 522. The van der Waals surface area contributed by atoms with Gasteiger partial charge in [-0.1, -0.05) is 13.0 Å². The van der Waals surface area contributed by atoms with Crippen LogP contribution in [-0.4, -0.2) is 25.7 Å². The molecule has 6 heteroatoms. The predicted octanol–water partition coefficient (Wildman–Crippen LogP) is 1.02. The molecule has 1 rings (SSSR count). The van der Waals surface area contributed by atoms with Crippen LogP contribution in [0.4, 0.5) is 5.69 Å². The van der Waals surface area contributed by atoms with Crippen LogP contribution in [0.5, 0.6) is 0 Å². The molecule has 18 heavy (non-hydrogen) atoms. The first-order valence-corrected chi connectivity index (χ1v) is 7.24. The molecule has 5 nitrogen and oxygen atoms in total. The summed E-state index contributed by atoms with van der Waals surface area (Å²) in [7, 11) is -3.69. The first kappa shape index (κ1) is 14.9. The summed E-state index contributed by atoms with van der Waals surface area (Å²) < 4.78 is 27.0. The Kier molecular flexibility index (Phi) is 4.37. The zero-order valence-electron chi connectivity index (χ0n) is 10.9. The minimum absolute atomic E-state index is 0.149. The van der Waals surface area contributed by atoms with Crippen molar-refractivity contribution in [2.24, 2.45) is 0 Å². The van der Waals surface area contributed by atoms with Gasteiger partial charge in [-0.2, -0.15) is 0 Å². The molecule has 0 aromatic heterocycles. The molecule has 0 amide bonds. The molecule has 0 radical (unpaired) electrons. The number of benzene rings is 1. The monoisotopic (exact) mass is 272 g/mol. The second-order valence-corrected chi connectivity index (χ2v) is 6.30. The fraction of sp³-hybridized carbons (Fsp3) is 0.500. The maximum Gasteiger partial charge on any atom is 0.241 e. The largest absolute Gasteiger partial charge is 0.398 e. The van der Waals surface area contributed by atoms with Crippen molar-refractivity contribution in [1.82, 2.24) is 4.72 Å². The van der Waals surface area contributed by atoms with E-state index in [1.807, 2.05) is 6.92 Å². The van der Waals surface area contributed by atoms with Crippen LogP contribution >= 0.6 is 0 Å². The van der Waals surface area contributed by atoms with Crippen molar-refractivity contribution >= 4 is 15.7 Å². The van der Waals surface area contributed by atoms with E-state index < -0.39 is 15.6 Å². The third kappa shape index (κ3) is 3.01. The van der Waals surface area contributed by atoms with Crippen molar-refractivity contribution in [1.29, 1.82) is 0 Å². The minimum atomic E-state index is -3.69. The summed E-state index contributed by atoms with van der Waals surface area (Å²) in [6, 6.07) is 4.75. The quantitative estimate of drug-likeness (QED) is 0.698. The van der Waals surface area contributed by atoms with Crippen LogP contribution in [0.3, 0.4) is 0 Å².